The number of benzene rings is 1. The summed E-state index contributed by atoms with van der Waals surface area (Å²) in [6.07, 6.45) is 1.74. The van der Waals surface area contributed by atoms with Gasteiger partial charge in [-0.3, -0.25) is 0 Å². The molecule has 94 valence electrons. The van der Waals surface area contributed by atoms with E-state index in [1.54, 1.807) is 12.1 Å². The molecule has 0 amide bonds. The zero-order valence-electron chi connectivity index (χ0n) is 9.73. The number of fused-ring (bicyclic) bond motifs is 1. The van der Waals surface area contributed by atoms with Crippen LogP contribution in [0.1, 0.15) is 18.4 Å². The predicted molar refractivity (Wildman–Crippen MR) is 72.4 cm³/mol. The Balaban J connectivity index is 2.61. The number of nitrogens with zero attached hydrogens (tertiary/aromatic N) is 3. The van der Waals surface area contributed by atoms with Gasteiger partial charge in [0.1, 0.15) is 17.4 Å². The molecule has 0 aliphatic carbocycles. The molecule has 0 saturated carbocycles. The number of halogens is 2. The Morgan fingerprint density at radius 3 is 2.94 bits per heavy atom. The van der Waals surface area contributed by atoms with Crippen LogP contribution < -0.4 is 4.74 Å². The van der Waals surface area contributed by atoms with Gasteiger partial charge in [0.15, 0.2) is 0 Å². The van der Waals surface area contributed by atoms with E-state index in [1.807, 2.05) is 13.0 Å². The van der Waals surface area contributed by atoms with Crippen LogP contribution in [0.3, 0.4) is 0 Å². The average molecular weight is 284 g/mol. The van der Waals surface area contributed by atoms with E-state index in [-0.39, 0.29) is 12.5 Å². The minimum absolute atomic E-state index is 0.160. The Kier molecular flexibility index (Phi) is 3.44. The molecule has 0 aromatic heterocycles. The molecule has 1 heterocycles. The second-order valence-electron chi connectivity index (χ2n) is 4.33. The summed E-state index contributed by atoms with van der Waals surface area (Å²) in [7, 11) is 0. The van der Waals surface area contributed by atoms with Crippen LogP contribution in [0.2, 0.25) is 10.0 Å². The second-order valence-corrected chi connectivity index (χ2v) is 5.11. The van der Waals surface area contributed by atoms with Gasteiger partial charge in [0.25, 0.3) is 0 Å². The monoisotopic (exact) mass is 283 g/mol. The molecule has 1 aromatic rings. The van der Waals surface area contributed by atoms with Crippen molar-refractivity contribution in [3.63, 3.8) is 0 Å². The Labute approximate surface area is 115 Å². The molecule has 0 spiro atoms. The van der Waals surface area contributed by atoms with Gasteiger partial charge < -0.3 is 4.74 Å². The molecule has 6 heteroatoms. The number of rotatable bonds is 2. The first-order valence-electron chi connectivity index (χ1n) is 5.33. The maximum Gasteiger partial charge on any atom is 0.143 e. The summed E-state index contributed by atoms with van der Waals surface area (Å²) in [4.78, 5) is 2.88. The number of azide groups is 1. The lowest BCUT2D eigenvalue weighted by molar-refractivity contribution is 0.189. The van der Waals surface area contributed by atoms with E-state index in [1.165, 1.54) is 0 Å². The highest BCUT2D eigenvalue weighted by Gasteiger charge is 2.40. The third kappa shape index (κ3) is 1.93. The molecular weight excluding hydrogens is 273 g/mol. The Hall–Kier alpha value is -1.35. The van der Waals surface area contributed by atoms with Crippen molar-refractivity contribution in [2.75, 3.05) is 6.61 Å². The van der Waals surface area contributed by atoms with E-state index in [4.69, 9.17) is 33.5 Å². The van der Waals surface area contributed by atoms with Crippen molar-refractivity contribution in [3.8, 4) is 5.75 Å². The molecule has 2 atom stereocenters. The molecule has 1 aliphatic heterocycles. The normalized spacial score (nSPS) is 25.6. The van der Waals surface area contributed by atoms with Crippen molar-refractivity contribution in [1.29, 1.82) is 0 Å². The van der Waals surface area contributed by atoms with Gasteiger partial charge in [-0.15, -0.1) is 6.58 Å². The Bertz CT molecular complexity index is 554. The fourth-order valence-electron chi connectivity index (χ4n) is 2.16. The maximum absolute atomic E-state index is 8.67. The topological polar surface area (TPSA) is 58.0 Å². The first-order chi connectivity index (χ1) is 8.53. The molecule has 1 aliphatic rings. The van der Waals surface area contributed by atoms with E-state index in [0.717, 1.165) is 5.56 Å². The van der Waals surface area contributed by atoms with Gasteiger partial charge in [-0.1, -0.05) is 40.5 Å². The van der Waals surface area contributed by atoms with Gasteiger partial charge in [-0.05, 0) is 18.5 Å². The summed E-state index contributed by atoms with van der Waals surface area (Å²) in [6.45, 7) is 5.86. The van der Waals surface area contributed by atoms with Crippen LogP contribution in [0, 0.1) is 0 Å². The average Bonchev–Trinajstić information content (AvgIpc) is 2.34. The zero-order chi connectivity index (χ0) is 13.3. The number of hydrogen-bond donors (Lipinski definition) is 0. The summed E-state index contributed by atoms with van der Waals surface area (Å²) >= 11 is 12.1. The smallest absolute Gasteiger partial charge is 0.143 e. The van der Waals surface area contributed by atoms with E-state index < -0.39 is 5.54 Å². The summed E-state index contributed by atoms with van der Waals surface area (Å²) in [6, 6.07) is 3.52. The van der Waals surface area contributed by atoms with Crippen molar-refractivity contribution < 1.29 is 4.74 Å². The molecule has 0 fully saturated rings. The summed E-state index contributed by atoms with van der Waals surface area (Å²) in [5, 5.41) is 4.64. The quantitative estimate of drug-likeness (QED) is 0.335. The first kappa shape index (κ1) is 13.1. The molecule has 1 unspecified atom stereocenters. The second kappa shape index (κ2) is 4.73. The molecule has 2 rings (SSSR count). The van der Waals surface area contributed by atoms with Crippen LogP contribution in [0.15, 0.2) is 29.9 Å². The predicted octanol–water partition coefficient (Wildman–Crippen LogP) is 4.72. The molecule has 0 bridgehead atoms. The van der Waals surface area contributed by atoms with Gasteiger partial charge in [0.2, 0.25) is 0 Å². The highest BCUT2D eigenvalue weighted by Crippen LogP contribution is 2.47. The fraction of sp³-hybridized carbons (Fsp3) is 0.333. The van der Waals surface area contributed by atoms with E-state index in [0.29, 0.717) is 15.8 Å². The van der Waals surface area contributed by atoms with Crippen LogP contribution in [0.4, 0.5) is 0 Å². The van der Waals surface area contributed by atoms with Crippen LogP contribution in [-0.2, 0) is 0 Å². The van der Waals surface area contributed by atoms with Gasteiger partial charge >= 0.3 is 0 Å². The molecular formula is C12H11Cl2N3O. The number of hydrogen-bond acceptors (Lipinski definition) is 2. The van der Waals surface area contributed by atoms with Gasteiger partial charge in [0.05, 0.1) is 10.6 Å². The molecule has 0 radical (unpaired) electrons. The standard InChI is InChI=1S/C12H11Cl2N3O/c1-3-8-7-4-5-9(13)10(14)11(7)18-6-12(8,2)16-17-15/h3-5,8H,1,6H2,2H3/t8-,12?/m0/s1. The summed E-state index contributed by atoms with van der Waals surface area (Å²) in [5.41, 5.74) is 8.79. The van der Waals surface area contributed by atoms with Crippen molar-refractivity contribution in [3.05, 3.63) is 50.8 Å². The van der Waals surface area contributed by atoms with Crippen LogP contribution in [0.5, 0.6) is 5.75 Å². The van der Waals surface area contributed by atoms with Crippen molar-refractivity contribution >= 4 is 23.2 Å². The van der Waals surface area contributed by atoms with Crippen LogP contribution in [0.25, 0.3) is 10.4 Å². The molecule has 18 heavy (non-hydrogen) atoms. The third-order valence-electron chi connectivity index (χ3n) is 3.10. The van der Waals surface area contributed by atoms with E-state index >= 15 is 0 Å². The van der Waals surface area contributed by atoms with Crippen LogP contribution in [-0.4, -0.2) is 12.1 Å². The van der Waals surface area contributed by atoms with Gasteiger partial charge in [-0.25, -0.2) is 0 Å². The van der Waals surface area contributed by atoms with Gasteiger partial charge in [0, 0.05) is 16.4 Å². The molecule has 0 saturated heterocycles. The summed E-state index contributed by atoms with van der Waals surface area (Å²) in [5.74, 6) is 0.381. The maximum atomic E-state index is 8.67. The number of ether oxygens (including phenoxy) is 1. The lowest BCUT2D eigenvalue weighted by atomic mass is 9.79. The zero-order valence-corrected chi connectivity index (χ0v) is 11.2. The SMILES string of the molecule is C=C[C@H]1c2ccc(Cl)c(Cl)c2OCC1(C)N=[N+]=[N-]. The fourth-order valence-corrected chi connectivity index (χ4v) is 2.53. The van der Waals surface area contributed by atoms with E-state index in [2.05, 4.69) is 16.6 Å². The minimum atomic E-state index is -0.708. The lowest BCUT2D eigenvalue weighted by Crippen LogP contribution is -2.40. The molecule has 4 nitrogen and oxygen atoms in total. The Morgan fingerprint density at radius 1 is 1.61 bits per heavy atom. The highest BCUT2D eigenvalue weighted by atomic mass is 35.5. The van der Waals surface area contributed by atoms with Crippen molar-refractivity contribution in [2.45, 2.75) is 18.4 Å². The highest BCUT2D eigenvalue weighted by molar-refractivity contribution is 6.43. The van der Waals surface area contributed by atoms with Crippen molar-refractivity contribution in [1.82, 2.24) is 0 Å². The van der Waals surface area contributed by atoms with Gasteiger partial charge in [-0.2, -0.15) is 0 Å². The summed E-state index contributed by atoms with van der Waals surface area (Å²) < 4.78 is 5.61. The molecule has 1 aromatic carbocycles. The lowest BCUT2D eigenvalue weighted by Gasteiger charge is -2.37. The van der Waals surface area contributed by atoms with Crippen molar-refractivity contribution in [2.24, 2.45) is 5.11 Å². The van der Waals surface area contributed by atoms with Crippen LogP contribution >= 0.6 is 23.2 Å². The first-order valence-corrected chi connectivity index (χ1v) is 6.08. The third-order valence-corrected chi connectivity index (χ3v) is 3.89. The minimum Gasteiger partial charge on any atom is -0.491 e. The largest absolute Gasteiger partial charge is 0.491 e. The van der Waals surface area contributed by atoms with E-state index in [9.17, 15) is 0 Å². The molecule has 0 N–H and O–H groups in total. The Morgan fingerprint density at radius 2 is 2.33 bits per heavy atom.